The highest BCUT2D eigenvalue weighted by Gasteiger charge is 2.38. The molecule has 7 nitrogen and oxygen atoms in total. The summed E-state index contributed by atoms with van der Waals surface area (Å²) in [7, 11) is 0.130. The van der Waals surface area contributed by atoms with Crippen LogP contribution in [-0.4, -0.2) is 46.5 Å². The number of aryl methyl sites for hydroxylation is 2. The Hall–Kier alpha value is -1.87. The Morgan fingerprint density at radius 1 is 1.22 bits per heavy atom. The number of nitrogens with one attached hydrogen (secondary N) is 1. The minimum Gasteiger partial charge on any atom is -0.347 e. The zero-order valence-electron chi connectivity index (χ0n) is 15.6. The number of rotatable bonds is 3. The van der Waals surface area contributed by atoms with Gasteiger partial charge in [-0.1, -0.05) is 18.2 Å². The number of fused-ring (bicyclic) bond motifs is 1. The summed E-state index contributed by atoms with van der Waals surface area (Å²) in [6.07, 6.45) is 3.55. The predicted molar refractivity (Wildman–Crippen MR) is 108 cm³/mol. The van der Waals surface area contributed by atoms with Crippen LogP contribution in [0.2, 0.25) is 0 Å². The van der Waals surface area contributed by atoms with Crippen molar-refractivity contribution >= 4 is 33.3 Å². The SMILES string of the molecule is Cc1c(S(=O)(=O)N2CCNCC2c2nccn2C)c2ccccc2n1C.Cl. The van der Waals surface area contributed by atoms with Crippen molar-refractivity contribution in [2.45, 2.75) is 17.9 Å². The van der Waals surface area contributed by atoms with Crippen LogP contribution in [0.1, 0.15) is 17.6 Å². The normalized spacial score (nSPS) is 18.6. The van der Waals surface area contributed by atoms with Crippen molar-refractivity contribution in [3.8, 4) is 0 Å². The molecule has 0 saturated carbocycles. The number of hydrogen-bond acceptors (Lipinski definition) is 4. The highest BCUT2D eigenvalue weighted by molar-refractivity contribution is 7.89. The minimum absolute atomic E-state index is 0. The lowest BCUT2D eigenvalue weighted by atomic mass is 10.2. The van der Waals surface area contributed by atoms with Crippen molar-refractivity contribution in [3.05, 3.63) is 48.2 Å². The van der Waals surface area contributed by atoms with Crippen LogP contribution in [0, 0.1) is 6.92 Å². The molecule has 1 aromatic carbocycles. The summed E-state index contributed by atoms with van der Waals surface area (Å²) in [5.74, 6) is 0.749. The van der Waals surface area contributed by atoms with E-state index in [1.807, 2.05) is 60.6 Å². The fourth-order valence-electron chi connectivity index (χ4n) is 3.82. The van der Waals surface area contributed by atoms with Crippen molar-refractivity contribution in [2.75, 3.05) is 19.6 Å². The molecule has 1 saturated heterocycles. The highest BCUT2D eigenvalue weighted by atomic mass is 35.5. The van der Waals surface area contributed by atoms with Crippen LogP contribution < -0.4 is 5.32 Å². The molecule has 0 radical (unpaired) electrons. The molecule has 4 rings (SSSR count). The third kappa shape index (κ3) is 3.06. The number of imidazole rings is 1. The molecule has 0 amide bonds. The monoisotopic (exact) mass is 409 g/mol. The van der Waals surface area contributed by atoms with Crippen molar-refractivity contribution in [3.63, 3.8) is 0 Å². The summed E-state index contributed by atoms with van der Waals surface area (Å²) in [4.78, 5) is 4.80. The molecule has 3 heterocycles. The largest absolute Gasteiger partial charge is 0.347 e. The summed E-state index contributed by atoms with van der Waals surface area (Å²) in [6.45, 7) is 3.46. The lowest BCUT2D eigenvalue weighted by Gasteiger charge is -2.34. The van der Waals surface area contributed by atoms with Crippen LogP contribution in [0.15, 0.2) is 41.6 Å². The van der Waals surface area contributed by atoms with Crippen LogP contribution in [0.4, 0.5) is 0 Å². The summed E-state index contributed by atoms with van der Waals surface area (Å²) in [5, 5.41) is 4.06. The molecule has 0 aliphatic carbocycles. The molecule has 1 aliphatic heterocycles. The molecule has 0 bridgehead atoms. The fourth-order valence-corrected chi connectivity index (χ4v) is 5.85. The fraction of sp³-hybridized carbons (Fsp3) is 0.389. The Balaban J connectivity index is 0.00000210. The number of hydrogen-bond donors (Lipinski definition) is 1. The topological polar surface area (TPSA) is 72.2 Å². The van der Waals surface area contributed by atoms with Crippen molar-refractivity contribution in [1.82, 2.24) is 23.7 Å². The zero-order valence-corrected chi connectivity index (χ0v) is 17.2. The molecule has 1 atom stereocenters. The lowest BCUT2D eigenvalue weighted by molar-refractivity contribution is 0.258. The van der Waals surface area contributed by atoms with Gasteiger partial charge in [-0.05, 0) is 13.0 Å². The maximum absolute atomic E-state index is 13.7. The molecule has 9 heteroatoms. The molecule has 2 aromatic heterocycles. The maximum atomic E-state index is 13.7. The minimum atomic E-state index is -3.67. The average molecular weight is 410 g/mol. The van der Waals surface area contributed by atoms with Gasteiger partial charge in [-0.25, -0.2) is 13.4 Å². The van der Waals surface area contributed by atoms with Gasteiger partial charge in [-0.15, -0.1) is 12.4 Å². The number of halogens is 1. The lowest BCUT2D eigenvalue weighted by Crippen LogP contribution is -2.49. The van der Waals surface area contributed by atoms with Crippen molar-refractivity contribution < 1.29 is 8.42 Å². The third-order valence-electron chi connectivity index (χ3n) is 5.26. The smallest absolute Gasteiger partial charge is 0.246 e. The maximum Gasteiger partial charge on any atom is 0.246 e. The van der Waals surface area contributed by atoms with Gasteiger partial charge in [-0.3, -0.25) is 0 Å². The Kier molecular flexibility index (Phi) is 5.36. The van der Waals surface area contributed by atoms with Gasteiger partial charge in [0, 0.05) is 62.7 Å². The van der Waals surface area contributed by atoms with Gasteiger partial charge in [0.05, 0.1) is 6.04 Å². The first-order valence-corrected chi connectivity index (χ1v) is 10.1. The van der Waals surface area contributed by atoms with Crippen molar-refractivity contribution in [2.24, 2.45) is 14.1 Å². The average Bonchev–Trinajstić information content (AvgIpc) is 3.17. The molecule has 1 N–H and O–H groups in total. The number of nitrogens with zero attached hydrogens (tertiary/aromatic N) is 4. The second-order valence-corrected chi connectivity index (χ2v) is 8.55. The molecular weight excluding hydrogens is 386 g/mol. The van der Waals surface area contributed by atoms with Gasteiger partial charge in [0.15, 0.2) is 0 Å². The van der Waals surface area contributed by atoms with E-state index in [2.05, 4.69) is 10.3 Å². The molecule has 27 heavy (non-hydrogen) atoms. The van der Waals surface area contributed by atoms with E-state index in [1.165, 1.54) is 0 Å². The summed E-state index contributed by atoms with van der Waals surface area (Å²) in [6, 6.07) is 7.32. The van der Waals surface area contributed by atoms with Crippen molar-refractivity contribution in [1.29, 1.82) is 0 Å². The highest BCUT2D eigenvalue weighted by Crippen LogP contribution is 2.35. The van der Waals surface area contributed by atoms with Crippen LogP contribution in [0.5, 0.6) is 0 Å². The van der Waals surface area contributed by atoms with Crippen LogP contribution in [0.25, 0.3) is 10.9 Å². The molecule has 3 aromatic rings. The van der Waals surface area contributed by atoms with E-state index in [0.29, 0.717) is 24.5 Å². The Morgan fingerprint density at radius 3 is 2.67 bits per heavy atom. The molecule has 1 unspecified atom stereocenters. The summed E-state index contributed by atoms with van der Waals surface area (Å²) in [5.41, 5.74) is 1.68. The standard InChI is InChI=1S/C18H23N5O2S.ClH/c1-13-17(14-6-4-5-7-15(14)22(13)3)26(24,25)23-11-8-19-12-16(23)18-20-9-10-21(18)2;/h4-7,9-10,16,19H,8,11-12H2,1-3H3;1H. The Labute approximate surface area is 165 Å². The van der Waals surface area contributed by atoms with E-state index in [9.17, 15) is 8.42 Å². The quantitative estimate of drug-likeness (QED) is 0.718. The molecule has 1 fully saturated rings. The van der Waals surface area contributed by atoms with E-state index in [0.717, 1.165) is 22.4 Å². The van der Waals surface area contributed by atoms with E-state index < -0.39 is 10.0 Å². The first-order chi connectivity index (χ1) is 12.4. The van der Waals surface area contributed by atoms with E-state index >= 15 is 0 Å². The second kappa shape index (κ2) is 7.27. The van der Waals surface area contributed by atoms with Gasteiger partial charge >= 0.3 is 0 Å². The van der Waals surface area contributed by atoms with Crippen LogP contribution in [0.3, 0.4) is 0 Å². The van der Waals surface area contributed by atoms with Gasteiger partial charge in [0.2, 0.25) is 10.0 Å². The molecular formula is C18H24ClN5O2S. The number of piperazine rings is 1. The zero-order chi connectivity index (χ0) is 18.5. The van der Waals surface area contributed by atoms with E-state index in [1.54, 1.807) is 10.5 Å². The Morgan fingerprint density at radius 2 is 1.96 bits per heavy atom. The predicted octanol–water partition coefficient (Wildman–Crippen LogP) is 1.98. The molecule has 146 valence electrons. The van der Waals surface area contributed by atoms with E-state index in [-0.39, 0.29) is 18.4 Å². The van der Waals surface area contributed by atoms with Crippen LogP contribution >= 0.6 is 12.4 Å². The van der Waals surface area contributed by atoms with Crippen LogP contribution in [-0.2, 0) is 24.1 Å². The van der Waals surface area contributed by atoms with Gasteiger partial charge in [-0.2, -0.15) is 4.31 Å². The molecule has 1 aliphatic rings. The first-order valence-electron chi connectivity index (χ1n) is 8.66. The summed E-state index contributed by atoms with van der Waals surface area (Å²) < 4.78 is 32.8. The molecule has 0 spiro atoms. The Bertz CT molecular complexity index is 1070. The second-order valence-electron chi connectivity index (χ2n) is 6.72. The van der Waals surface area contributed by atoms with Gasteiger partial charge in [0.25, 0.3) is 0 Å². The van der Waals surface area contributed by atoms with Gasteiger partial charge < -0.3 is 14.5 Å². The van der Waals surface area contributed by atoms with Gasteiger partial charge in [0.1, 0.15) is 10.7 Å². The number of benzene rings is 1. The third-order valence-corrected chi connectivity index (χ3v) is 7.34. The summed E-state index contributed by atoms with van der Waals surface area (Å²) >= 11 is 0. The number of para-hydroxylation sites is 1. The van der Waals surface area contributed by atoms with E-state index in [4.69, 9.17) is 0 Å². The number of sulfonamides is 1. The first kappa shape index (κ1) is 19.9. The number of aromatic nitrogens is 3.